The van der Waals surface area contributed by atoms with E-state index in [0.29, 0.717) is 0 Å². The molecule has 54 valence electrons. The van der Waals surface area contributed by atoms with E-state index in [1.54, 1.807) is 0 Å². The Labute approximate surface area is 51.0 Å². The minimum absolute atomic E-state index is 0.657. The second-order valence-electron chi connectivity index (χ2n) is 1.64. The van der Waals surface area contributed by atoms with Crippen molar-refractivity contribution in [3.05, 3.63) is 0 Å². The van der Waals surface area contributed by atoms with Crippen molar-refractivity contribution in [2.24, 2.45) is 11.5 Å². The van der Waals surface area contributed by atoms with E-state index in [2.05, 4.69) is 5.73 Å². The zero-order valence-electron chi connectivity index (χ0n) is 4.68. The number of hydrogen-bond acceptors (Lipinski definition) is 2. The van der Waals surface area contributed by atoms with Gasteiger partial charge in [0.05, 0.1) is 6.04 Å². The largest absolute Gasteiger partial charge is 0.368 e. The highest BCUT2D eigenvalue weighted by atomic mass is 19.3. The number of carbonyl (C=O) groups is 1. The number of carbonyl (C=O) groups excluding carboxylic acids is 1. The molecule has 0 aromatic carbocycles. The van der Waals surface area contributed by atoms with Crippen molar-refractivity contribution in [3.63, 3.8) is 0 Å². The first-order chi connectivity index (χ1) is 4.04. The lowest BCUT2D eigenvalue weighted by atomic mass is 10.2. The van der Waals surface area contributed by atoms with Crippen LogP contribution in [0.5, 0.6) is 0 Å². The van der Waals surface area contributed by atoms with Crippen LogP contribution in [-0.2, 0) is 4.79 Å². The molecule has 0 saturated carbocycles. The summed E-state index contributed by atoms with van der Waals surface area (Å²) in [7, 11) is 0. The third kappa shape index (κ3) is 3.84. The summed E-state index contributed by atoms with van der Waals surface area (Å²) in [5.41, 5.74) is 9.45. The van der Waals surface area contributed by atoms with Crippen LogP contribution in [0.2, 0.25) is 0 Å². The zero-order chi connectivity index (χ0) is 7.44. The molecule has 0 aliphatic heterocycles. The average molecular weight is 138 g/mol. The van der Waals surface area contributed by atoms with Crippen molar-refractivity contribution in [1.82, 2.24) is 0 Å². The molecule has 0 saturated heterocycles. The number of rotatable bonds is 3. The molecule has 0 aliphatic rings. The predicted octanol–water partition coefficient (Wildman–Crippen LogP) is -0.546. The normalized spacial score (nSPS) is 13.8. The van der Waals surface area contributed by atoms with Gasteiger partial charge >= 0.3 is 0 Å². The van der Waals surface area contributed by atoms with Gasteiger partial charge in [0.2, 0.25) is 12.3 Å². The molecule has 0 aromatic rings. The molecule has 4 N–H and O–H groups in total. The minimum atomic E-state index is -2.56. The Hall–Kier alpha value is -0.710. The van der Waals surface area contributed by atoms with Crippen LogP contribution in [0.3, 0.4) is 0 Å². The van der Waals surface area contributed by atoms with E-state index in [4.69, 9.17) is 5.73 Å². The van der Waals surface area contributed by atoms with Gasteiger partial charge in [0.1, 0.15) is 0 Å². The van der Waals surface area contributed by atoms with Gasteiger partial charge < -0.3 is 11.5 Å². The van der Waals surface area contributed by atoms with Gasteiger partial charge in [-0.1, -0.05) is 0 Å². The van der Waals surface area contributed by atoms with Gasteiger partial charge in [-0.05, 0) is 0 Å². The van der Waals surface area contributed by atoms with Crippen molar-refractivity contribution < 1.29 is 13.6 Å². The first-order valence-electron chi connectivity index (χ1n) is 2.37. The fourth-order valence-corrected chi connectivity index (χ4v) is 0.308. The number of halogens is 2. The van der Waals surface area contributed by atoms with Crippen molar-refractivity contribution >= 4 is 5.91 Å². The minimum Gasteiger partial charge on any atom is -0.368 e. The second kappa shape index (κ2) is 3.34. The van der Waals surface area contributed by atoms with Gasteiger partial charge in [0, 0.05) is 6.42 Å². The van der Waals surface area contributed by atoms with Crippen LogP contribution in [0.1, 0.15) is 6.42 Å². The average Bonchev–Trinajstić information content (AvgIpc) is 1.63. The third-order valence-corrected chi connectivity index (χ3v) is 0.798. The lowest BCUT2D eigenvalue weighted by Crippen LogP contribution is -2.37. The third-order valence-electron chi connectivity index (χ3n) is 0.798. The fourth-order valence-electron chi connectivity index (χ4n) is 0.308. The van der Waals surface area contributed by atoms with E-state index < -0.39 is 24.8 Å². The van der Waals surface area contributed by atoms with E-state index in [1.165, 1.54) is 0 Å². The summed E-state index contributed by atoms with van der Waals surface area (Å²) in [6.07, 6.45) is -3.22. The summed E-state index contributed by atoms with van der Waals surface area (Å²) in [6, 6.07) is -1.22. The molecule has 0 aromatic heterocycles. The summed E-state index contributed by atoms with van der Waals surface area (Å²) >= 11 is 0. The Morgan fingerprint density at radius 1 is 1.56 bits per heavy atom. The van der Waals surface area contributed by atoms with Crippen LogP contribution in [-0.4, -0.2) is 18.4 Å². The Morgan fingerprint density at radius 2 is 2.00 bits per heavy atom. The van der Waals surface area contributed by atoms with Gasteiger partial charge in [-0.25, -0.2) is 8.78 Å². The molecule has 0 radical (unpaired) electrons. The highest BCUT2D eigenvalue weighted by molar-refractivity contribution is 5.79. The number of primary amides is 1. The Balaban J connectivity index is 3.50. The lowest BCUT2D eigenvalue weighted by molar-refractivity contribution is -0.120. The van der Waals surface area contributed by atoms with Gasteiger partial charge in [-0.3, -0.25) is 4.79 Å². The summed E-state index contributed by atoms with van der Waals surface area (Å²) in [4.78, 5) is 10.00. The molecule has 0 heterocycles. The van der Waals surface area contributed by atoms with E-state index in [1.807, 2.05) is 0 Å². The Morgan fingerprint density at radius 3 is 2.11 bits per heavy atom. The second-order valence-corrected chi connectivity index (χ2v) is 1.64. The topological polar surface area (TPSA) is 69.1 Å². The Kier molecular flexibility index (Phi) is 3.08. The fraction of sp³-hybridized carbons (Fsp3) is 0.750. The van der Waals surface area contributed by atoms with E-state index in [9.17, 15) is 13.6 Å². The molecule has 0 spiro atoms. The first kappa shape index (κ1) is 8.29. The standard InChI is InChI=1S/C4H8F2N2O/c5-3(6)1-2(7)4(8)9/h2-3H,1,7H2,(H2,8,9)/t2-/m1/s1. The van der Waals surface area contributed by atoms with Crippen LogP contribution >= 0.6 is 0 Å². The van der Waals surface area contributed by atoms with E-state index in [0.717, 1.165) is 0 Å². The summed E-state index contributed by atoms with van der Waals surface area (Å²) in [5, 5.41) is 0. The number of nitrogens with two attached hydrogens (primary N) is 2. The maximum Gasteiger partial charge on any atom is 0.240 e. The quantitative estimate of drug-likeness (QED) is 0.549. The molecule has 0 bridgehead atoms. The van der Waals surface area contributed by atoms with Crippen molar-refractivity contribution in [2.45, 2.75) is 18.9 Å². The van der Waals surface area contributed by atoms with Gasteiger partial charge in [0.25, 0.3) is 0 Å². The summed E-state index contributed by atoms with van der Waals surface area (Å²) in [6.45, 7) is 0. The highest BCUT2D eigenvalue weighted by Crippen LogP contribution is 2.00. The molecule has 0 unspecified atom stereocenters. The van der Waals surface area contributed by atoms with Gasteiger partial charge in [-0.2, -0.15) is 0 Å². The van der Waals surface area contributed by atoms with Crippen LogP contribution in [0.4, 0.5) is 8.78 Å². The molecule has 0 rings (SSSR count). The number of amides is 1. The molecular weight excluding hydrogens is 130 g/mol. The SMILES string of the molecule is NC(=O)[C@H](N)CC(F)F. The highest BCUT2D eigenvalue weighted by Gasteiger charge is 2.14. The van der Waals surface area contributed by atoms with Crippen LogP contribution in [0.15, 0.2) is 0 Å². The van der Waals surface area contributed by atoms with Gasteiger partial charge in [0.15, 0.2) is 0 Å². The maximum absolute atomic E-state index is 11.4. The van der Waals surface area contributed by atoms with Gasteiger partial charge in [-0.15, -0.1) is 0 Å². The lowest BCUT2D eigenvalue weighted by Gasteiger charge is -2.03. The molecule has 5 heteroatoms. The zero-order valence-corrected chi connectivity index (χ0v) is 4.68. The van der Waals surface area contributed by atoms with Crippen molar-refractivity contribution in [3.8, 4) is 0 Å². The molecule has 1 atom stereocenters. The monoisotopic (exact) mass is 138 g/mol. The van der Waals surface area contributed by atoms with Crippen LogP contribution < -0.4 is 11.5 Å². The summed E-state index contributed by atoms with van der Waals surface area (Å²) in [5.74, 6) is -0.893. The predicted molar refractivity (Wildman–Crippen MR) is 27.8 cm³/mol. The Bertz CT molecular complexity index is 107. The maximum atomic E-state index is 11.4. The molecule has 9 heavy (non-hydrogen) atoms. The number of alkyl halides is 2. The molecule has 1 amide bonds. The first-order valence-corrected chi connectivity index (χ1v) is 2.37. The van der Waals surface area contributed by atoms with Crippen molar-refractivity contribution in [2.75, 3.05) is 0 Å². The number of hydrogen-bond donors (Lipinski definition) is 2. The van der Waals surface area contributed by atoms with E-state index in [-0.39, 0.29) is 0 Å². The molecule has 0 aliphatic carbocycles. The molecule has 3 nitrogen and oxygen atoms in total. The van der Waals surface area contributed by atoms with E-state index >= 15 is 0 Å². The van der Waals surface area contributed by atoms with Crippen LogP contribution in [0.25, 0.3) is 0 Å². The summed E-state index contributed by atoms with van der Waals surface area (Å²) < 4.78 is 22.7. The van der Waals surface area contributed by atoms with Crippen molar-refractivity contribution in [1.29, 1.82) is 0 Å². The van der Waals surface area contributed by atoms with Crippen LogP contribution in [0, 0.1) is 0 Å². The smallest absolute Gasteiger partial charge is 0.240 e. The molecular formula is C4H8F2N2O. The molecule has 0 fully saturated rings.